The average molecular weight is 325 g/mol. The van der Waals surface area contributed by atoms with Gasteiger partial charge < -0.3 is 11.1 Å². The lowest BCUT2D eigenvalue weighted by Gasteiger charge is -2.22. The van der Waals surface area contributed by atoms with E-state index in [1.54, 1.807) is 31.2 Å². The van der Waals surface area contributed by atoms with Gasteiger partial charge in [0.15, 0.2) is 0 Å². The maximum atomic E-state index is 12.3. The van der Waals surface area contributed by atoms with E-state index in [4.69, 9.17) is 5.73 Å². The monoisotopic (exact) mass is 325 g/mol. The number of rotatable bonds is 6. The van der Waals surface area contributed by atoms with E-state index in [1.165, 1.54) is 0 Å². The third-order valence-electron chi connectivity index (χ3n) is 3.81. The number of anilines is 2. The second-order valence-electron chi connectivity index (χ2n) is 5.82. The highest BCUT2D eigenvalue weighted by Crippen LogP contribution is 2.28. The molecule has 1 fully saturated rings. The number of nitrogens with two attached hydrogens (primary N) is 1. The molecule has 0 radical (unpaired) electrons. The van der Waals surface area contributed by atoms with Crippen LogP contribution in [-0.4, -0.2) is 25.6 Å². The van der Waals surface area contributed by atoms with E-state index in [0.29, 0.717) is 30.6 Å². The molecule has 1 aliphatic carbocycles. The van der Waals surface area contributed by atoms with Gasteiger partial charge in [0.1, 0.15) is 0 Å². The van der Waals surface area contributed by atoms with E-state index in [2.05, 4.69) is 10.0 Å². The molecule has 7 heteroatoms. The number of hydrogen-bond donors (Lipinski definition) is 3. The fraction of sp³-hybridized carbons (Fsp3) is 0.533. The van der Waals surface area contributed by atoms with Gasteiger partial charge in [0.25, 0.3) is 0 Å². The molecule has 0 heterocycles. The molecule has 0 atom stereocenters. The third kappa shape index (κ3) is 4.20. The Morgan fingerprint density at radius 2 is 1.91 bits per heavy atom. The van der Waals surface area contributed by atoms with Gasteiger partial charge in [-0.25, -0.2) is 8.42 Å². The fourth-order valence-electron chi connectivity index (χ4n) is 2.65. The van der Waals surface area contributed by atoms with Crippen molar-refractivity contribution in [2.24, 2.45) is 5.73 Å². The SMILES string of the molecule is CCCS(=O)(=O)Nc1cccc(NC(=O)C2(N)CCCC2)c1. The molecule has 0 aromatic heterocycles. The van der Waals surface area contributed by atoms with Crippen molar-refractivity contribution in [1.82, 2.24) is 0 Å². The van der Waals surface area contributed by atoms with Crippen molar-refractivity contribution in [1.29, 1.82) is 0 Å². The molecule has 0 saturated heterocycles. The van der Waals surface area contributed by atoms with Crippen molar-refractivity contribution in [3.8, 4) is 0 Å². The van der Waals surface area contributed by atoms with Gasteiger partial charge in [-0.2, -0.15) is 0 Å². The first-order valence-electron chi connectivity index (χ1n) is 7.55. The number of sulfonamides is 1. The molecule has 0 bridgehead atoms. The van der Waals surface area contributed by atoms with E-state index >= 15 is 0 Å². The standard InChI is InChI=1S/C15H23N3O3S/c1-2-10-22(20,21)18-13-7-5-6-12(11-13)17-14(19)15(16)8-3-4-9-15/h5-7,11,18H,2-4,8-10,16H2,1H3,(H,17,19). The Kier molecular flexibility index (Phi) is 5.08. The highest BCUT2D eigenvalue weighted by Gasteiger charge is 2.36. The second kappa shape index (κ2) is 6.66. The van der Waals surface area contributed by atoms with Crippen molar-refractivity contribution < 1.29 is 13.2 Å². The van der Waals surface area contributed by atoms with Gasteiger partial charge in [0.05, 0.1) is 17.0 Å². The normalized spacial score (nSPS) is 17.2. The summed E-state index contributed by atoms with van der Waals surface area (Å²) in [7, 11) is -3.35. The number of benzene rings is 1. The Morgan fingerprint density at radius 1 is 1.27 bits per heavy atom. The Hall–Kier alpha value is -1.60. The molecule has 22 heavy (non-hydrogen) atoms. The molecule has 1 amide bonds. The van der Waals surface area contributed by atoms with Crippen LogP contribution in [0.1, 0.15) is 39.0 Å². The van der Waals surface area contributed by atoms with Crippen LogP contribution in [0.25, 0.3) is 0 Å². The Labute approximate surface area is 131 Å². The summed E-state index contributed by atoms with van der Waals surface area (Å²) in [5, 5.41) is 2.78. The summed E-state index contributed by atoms with van der Waals surface area (Å²) in [5.74, 6) is -0.145. The first-order chi connectivity index (χ1) is 10.3. The Bertz CT molecular complexity index is 637. The predicted octanol–water partition coefficient (Wildman–Crippen LogP) is 2.05. The predicted molar refractivity (Wildman–Crippen MR) is 88.2 cm³/mol. The Morgan fingerprint density at radius 3 is 2.55 bits per heavy atom. The molecule has 0 spiro atoms. The number of hydrogen-bond acceptors (Lipinski definition) is 4. The molecule has 1 aromatic carbocycles. The molecule has 6 nitrogen and oxygen atoms in total. The first-order valence-corrected chi connectivity index (χ1v) is 9.21. The van der Waals surface area contributed by atoms with Crippen LogP contribution in [0.3, 0.4) is 0 Å². The highest BCUT2D eigenvalue weighted by molar-refractivity contribution is 7.92. The summed E-state index contributed by atoms with van der Waals surface area (Å²) in [4.78, 5) is 12.3. The van der Waals surface area contributed by atoms with Crippen molar-refractivity contribution in [3.05, 3.63) is 24.3 Å². The molecule has 1 saturated carbocycles. The maximum Gasteiger partial charge on any atom is 0.244 e. The van der Waals surface area contributed by atoms with Gasteiger partial charge in [-0.05, 0) is 37.5 Å². The van der Waals surface area contributed by atoms with Crippen molar-refractivity contribution in [2.45, 2.75) is 44.6 Å². The fourth-order valence-corrected chi connectivity index (χ4v) is 3.77. The van der Waals surface area contributed by atoms with Gasteiger partial charge in [0.2, 0.25) is 15.9 Å². The lowest BCUT2D eigenvalue weighted by Crippen LogP contribution is -2.48. The van der Waals surface area contributed by atoms with Crippen LogP contribution in [0.15, 0.2) is 24.3 Å². The molecular formula is C15H23N3O3S. The molecule has 4 N–H and O–H groups in total. The quantitative estimate of drug-likeness (QED) is 0.745. The minimum absolute atomic E-state index is 0.0650. The average Bonchev–Trinajstić information content (AvgIpc) is 2.86. The minimum Gasteiger partial charge on any atom is -0.324 e. The topological polar surface area (TPSA) is 101 Å². The summed E-state index contributed by atoms with van der Waals surface area (Å²) in [6.45, 7) is 1.80. The van der Waals surface area contributed by atoms with E-state index < -0.39 is 15.6 Å². The molecule has 122 valence electrons. The summed E-state index contributed by atoms with van der Waals surface area (Å²) in [6.07, 6.45) is 3.83. The van der Waals surface area contributed by atoms with E-state index in [0.717, 1.165) is 12.8 Å². The van der Waals surface area contributed by atoms with Crippen LogP contribution in [0.5, 0.6) is 0 Å². The van der Waals surface area contributed by atoms with Crippen LogP contribution in [-0.2, 0) is 14.8 Å². The van der Waals surface area contributed by atoms with Crippen molar-refractivity contribution >= 4 is 27.3 Å². The molecular weight excluding hydrogens is 302 g/mol. The molecule has 1 aromatic rings. The van der Waals surface area contributed by atoms with E-state index in [9.17, 15) is 13.2 Å². The molecule has 2 rings (SSSR count). The largest absolute Gasteiger partial charge is 0.324 e. The first kappa shape index (κ1) is 16.8. The van der Waals surface area contributed by atoms with Gasteiger partial charge in [0, 0.05) is 5.69 Å². The van der Waals surface area contributed by atoms with Gasteiger partial charge in [-0.15, -0.1) is 0 Å². The molecule has 1 aliphatic rings. The third-order valence-corrected chi connectivity index (χ3v) is 5.31. The summed E-state index contributed by atoms with van der Waals surface area (Å²) in [6, 6.07) is 6.66. The van der Waals surface area contributed by atoms with Crippen LogP contribution in [0.4, 0.5) is 11.4 Å². The van der Waals surface area contributed by atoms with Gasteiger partial charge >= 0.3 is 0 Å². The van der Waals surface area contributed by atoms with Crippen LogP contribution in [0, 0.1) is 0 Å². The summed E-state index contributed by atoms with van der Waals surface area (Å²) < 4.78 is 26.1. The zero-order chi connectivity index (χ0) is 16.2. The number of amides is 1. The minimum atomic E-state index is -3.35. The highest BCUT2D eigenvalue weighted by atomic mass is 32.2. The Balaban J connectivity index is 2.07. The number of carbonyl (C=O) groups excluding carboxylic acids is 1. The lowest BCUT2D eigenvalue weighted by atomic mass is 9.98. The number of nitrogens with one attached hydrogen (secondary N) is 2. The van der Waals surface area contributed by atoms with Gasteiger partial charge in [-0.1, -0.05) is 25.8 Å². The summed E-state index contributed by atoms with van der Waals surface area (Å²) >= 11 is 0. The second-order valence-corrected chi connectivity index (χ2v) is 7.66. The zero-order valence-electron chi connectivity index (χ0n) is 12.8. The van der Waals surface area contributed by atoms with Crippen LogP contribution >= 0.6 is 0 Å². The number of carbonyl (C=O) groups is 1. The van der Waals surface area contributed by atoms with Gasteiger partial charge in [-0.3, -0.25) is 9.52 Å². The zero-order valence-corrected chi connectivity index (χ0v) is 13.6. The smallest absolute Gasteiger partial charge is 0.244 e. The summed E-state index contributed by atoms with van der Waals surface area (Å²) in [5.41, 5.74) is 6.27. The van der Waals surface area contributed by atoms with Crippen LogP contribution in [0.2, 0.25) is 0 Å². The van der Waals surface area contributed by atoms with E-state index in [-0.39, 0.29) is 11.7 Å². The molecule has 0 unspecified atom stereocenters. The van der Waals surface area contributed by atoms with Crippen molar-refractivity contribution in [3.63, 3.8) is 0 Å². The van der Waals surface area contributed by atoms with Crippen molar-refractivity contribution in [2.75, 3.05) is 15.8 Å². The maximum absolute atomic E-state index is 12.3. The van der Waals surface area contributed by atoms with Crippen LogP contribution < -0.4 is 15.8 Å². The van der Waals surface area contributed by atoms with E-state index in [1.807, 2.05) is 0 Å². The lowest BCUT2D eigenvalue weighted by molar-refractivity contribution is -0.121. The molecule has 0 aliphatic heterocycles.